The van der Waals surface area contributed by atoms with Gasteiger partial charge in [-0.25, -0.2) is 4.39 Å². The predicted octanol–water partition coefficient (Wildman–Crippen LogP) is 1.53. The fourth-order valence-electron chi connectivity index (χ4n) is 1.40. The zero-order chi connectivity index (χ0) is 13.9. The molecule has 0 heterocycles. The Morgan fingerprint density at radius 1 is 1.44 bits per heavy atom. The van der Waals surface area contributed by atoms with Crippen molar-refractivity contribution in [1.29, 1.82) is 0 Å². The normalized spacial score (nSPS) is 15.0. The molecule has 0 unspecified atom stereocenters. The summed E-state index contributed by atoms with van der Waals surface area (Å²) >= 11 is 0. The Kier molecular flexibility index (Phi) is 4.43. The number of rotatable bonds is 3. The lowest BCUT2D eigenvalue weighted by atomic mass is 10.0. The molecule has 1 aromatic rings. The van der Waals surface area contributed by atoms with Crippen LogP contribution >= 0.6 is 0 Å². The quantitative estimate of drug-likeness (QED) is 0.803. The number of aliphatic hydroxyl groups is 1. The Balaban J connectivity index is 2.78. The summed E-state index contributed by atoms with van der Waals surface area (Å²) in [5.74, 6) is -1.22. The van der Waals surface area contributed by atoms with Gasteiger partial charge < -0.3 is 15.6 Å². The van der Waals surface area contributed by atoms with Gasteiger partial charge in [0, 0.05) is 0 Å². The van der Waals surface area contributed by atoms with Crippen LogP contribution in [0.4, 0.5) is 4.39 Å². The van der Waals surface area contributed by atoms with E-state index < -0.39 is 29.5 Å². The molecule has 0 aromatic heterocycles. The van der Waals surface area contributed by atoms with Crippen molar-refractivity contribution in [3.8, 4) is 0 Å². The number of halogens is 1. The lowest BCUT2D eigenvalue weighted by Gasteiger charge is -2.24. The smallest absolute Gasteiger partial charge is 0.326 e. The van der Waals surface area contributed by atoms with Crippen LogP contribution < -0.4 is 5.73 Å². The standard InChI is InChI=1S/C13H18FNO3/c1-13(2,3)18-12(17)10(15)11(16)8-5-4-6-9(14)7-8/h4-7,10-11,16H,15H2,1-3H3/t10-,11-/m0/s1. The number of esters is 1. The topological polar surface area (TPSA) is 72.5 Å². The Bertz CT molecular complexity index is 428. The number of aliphatic hydroxyl groups excluding tert-OH is 1. The fourth-order valence-corrected chi connectivity index (χ4v) is 1.40. The second-order valence-electron chi connectivity index (χ2n) is 5.06. The molecule has 5 heteroatoms. The van der Waals surface area contributed by atoms with E-state index in [9.17, 15) is 14.3 Å². The van der Waals surface area contributed by atoms with Crippen molar-refractivity contribution in [3.05, 3.63) is 35.6 Å². The van der Waals surface area contributed by atoms with Crippen molar-refractivity contribution in [2.75, 3.05) is 0 Å². The molecule has 0 amide bonds. The molecule has 18 heavy (non-hydrogen) atoms. The fraction of sp³-hybridized carbons (Fsp3) is 0.462. The van der Waals surface area contributed by atoms with Crippen molar-refractivity contribution in [2.45, 2.75) is 38.5 Å². The third-order valence-corrected chi connectivity index (χ3v) is 2.21. The van der Waals surface area contributed by atoms with Gasteiger partial charge in [-0.1, -0.05) is 12.1 Å². The first kappa shape index (κ1) is 14.6. The van der Waals surface area contributed by atoms with Crippen LogP contribution in [0.25, 0.3) is 0 Å². The second-order valence-corrected chi connectivity index (χ2v) is 5.06. The van der Waals surface area contributed by atoms with Gasteiger partial charge in [0.05, 0.1) is 0 Å². The molecule has 100 valence electrons. The summed E-state index contributed by atoms with van der Waals surface area (Å²) in [4.78, 5) is 11.7. The third kappa shape index (κ3) is 4.09. The minimum Gasteiger partial charge on any atom is -0.459 e. The van der Waals surface area contributed by atoms with Gasteiger partial charge >= 0.3 is 5.97 Å². The zero-order valence-corrected chi connectivity index (χ0v) is 10.7. The molecule has 0 saturated heterocycles. The third-order valence-electron chi connectivity index (χ3n) is 2.21. The van der Waals surface area contributed by atoms with Gasteiger partial charge in [0.1, 0.15) is 23.6 Å². The number of nitrogens with two attached hydrogens (primary N) is 1. The largest absolute Gasteiger partial charge is 0.459 e. The molecule has 2 atom stereocenters. The number of hydrogen-bond acceptors (Lipinski definition) is 4. The summed E-state index contributed by atoms with van der Waals surface area (Å²) in [7, 11) is 0. The maximum absolute atomic E-state index is 13.0. The van der Waals surface area contributed by atoms with Crippen molar-refractivity contribution in [2.24, 2.45) is 5.73 Å². The number of hydrogen-bond donors (Lipinski definition) is 2. The highest BCUT2D eigenvalue weighted by atomic mass is 19.1. The highest BCUT2D eigenvalue weighted by molar-refractivity contribution is 5.77. The van der Waals surface area contributed by atoms with Gasteiger partial charge in [-0.15, -0.1) is 0 Å². The van der Waals surface area contributed by atoms with Crippen molar-refractivity contribution in [3.63, 3.8) is 0 Å². The van der Waals surface area contributed by atoms with Crippen molar-refractivity contribution in [1.82, 2.24) is 0 Å². The summed E-state index contributed by atoms with van der Waals surface area (Å²) in [5.41, 5.74) is 5.16. The van der Waals surface area contributed by atoms with Crippen molar-refractivity contribution >= 4 is 5.97 Å². The molecule has 4 nitrogen and oxygen atoms in total. The average Bonchev–Trinajstić information content (AvgIpc) is 2.24. The summed E-state index contributed by atoms with van der Waals surface area (Å²) in [6, 6.07) is 4.07. The monoisotopic (exact) mass is 255 g/mol. The SMILES string of the molecule is CC(C)(C)OC(=O)[C@@H](N)[C@@H](O)c1cccc(F)c1. The Morgan fingerprint density at radius 3 is 2.56 bits per heavy atom. The first-order valence-corrected chi connectivity index (χ1v) is 5.62. The summed E-state index contributed by atoms with van der Waals surface area (Å²) in [5, 5.41) is 9.89. The highest BCUT2D eigenvalue weighted by Crippen LogP contribution is 2.19. The van der Waals surface area contributed by atoms with Gasteiger partial charge in [-0.2, -0.15) is 0 Å². The van der Waals surface area contributed by atoms with E-state index in [1.165, 1.54) is 18.2 Å². The van der Waals surface area contributed by atoms with E-state index in [-0.39, 0.29) is 5.56 Å². The molecule has 1 rings (SSSR count). The number of benzene rings is 1. The van der Waals surface area contributed by atoms with E-state index in [2.05, 4.69) is 0 Å². The molecule has 0 fully saturated rings. The van der Waals surface area contributed by atoms with E-state index in [1.54, 1.807) is 20.8 Å². The van der Waals surface area contributed by atoms with E-state index in [0.717, 1.165) is 6.07 Å². The van der Waals surface area contributed by atoms with Crippen molar-refractivity contribution < 1.29 is 19.0 Å². The Labute approximate surface area is 106 Å². The van der Waals surface area contributed by atoms with Crippen LogP contribution in [-0.2, 0) is 9.53 Å². The number of carbonyl (C=O) groups excluding carboxylic acids is 1. The minimum atomic E-state index is -1.30. The van der Waals surface area contributed by atoms with E-state index in [1.807, 2.05) is 0 Å². The molecule has 0 aliphatic heterocycles. The number of carbonyl (C=O) groups is 1. The van der Waals surface area contributed by atoms with Gasteiger partial charge in [-0.3, -0.25) is 4.79 Å². The van der Waals surface area contributed by atoms with Crippen LogP contribution in [0.3, 0.4) is 0 Å². The van der Waals surface area contributed by atoms with Crippen LogP contribution in [-0.4, -0.2) is 22.7 Å². The van der Waals surface area contributed by atoms with Crippen LogP contribution in [0.5, 0.6) is 0 Å². The Morgan fingerprint density at radius 2 is 2.06 bits per heavy atom. The molecular formula is C13H18FNO3. The van der Waals surface area contributed by atoms with E-state index in [4.69, 9.17) is 10.5 Å². The van der Waals surface area contributed by atoms with Crippen LogP contribution in [0.1, 0.15) is 32.4 Å². The van der Waals surface area contributed by atoms with Crippen LogP contribution in [0, 0.1) is 5.82 Å². The van der Waals surface area contributed by atoms with Gasteiger partial charge in [0.2, 0.25) is 0 Å². The maximum atomic E-state index is 13.0. The molecule has 0 aliphatic rings. The molecule has 0 bridgehead atoms. The first-order valence-electron chi connectivity index (χ1n) is 5.62. The van der Waals surface area contributed by atoms with Gasteiger partial charge in [-0.05, 0) is 38.5 Å². The average molecular weight is 255 g/mol. The summed E-state index contributed by atoms with van der Waals surface area (Å²) < 4.78 is 18.0. The molecular weight excluding hydrogens is 237 g/mol. The summed E-state index contributed by atoms with van der Waals surface area (Å²) in [6.45, 7) is 5.10. The zero-order valence-electron chi connectivity index (χ0n) is 10.7. The molecule has 0 aliphatic carbocycles. The molecule has 0 spiro atoms. The molecule has 0 radical (unpaired) electrons. The first-order chi connectivity index (χ1) is 8.20. The molecule has 1 aromatic carbocycles. The van der Waals surface area contributed by atoms with Crippen LogP contribution in [0.15, 0.2) is 24.3 Å². The Hall–Kier alpha value is -1.46. The second kappa shape index (κ2) is 5.46. The highest BCUT2D eigenvalue weighted by Gasteiger charge is 2.29. The summed E-state index contributed by atoms with van der Waals surface area (Å²) in [6.07, 6.45) is -1.30. The van der Waals surface area contributed by atoms with E-state index in [0.29, 0.717) is 0 Å². The minimum absolute atomic E-state index is 0.244. The molecule has 3 N–H and O–H groups in total. The maximum Gasteiger partial charge on any atom is 0.326 e. The van der Waals surface area contributed by atoms with Crippen LogP contribution in [0.2, 0.25) is 0 Å². The van der Waals surface area contributed by atoms with Gasteiger partial charge in [0.25, 0.3) is 0 Å². The predicted molar refractivity (Wildman–Crippen MR) is 65.2 cm³/mol. The number of ether oxygens (including phenoxy) is 1. The lowest BCUT2D eigenvalue weighted by Crippen LogP contribution is -2.41. The van der Waals surface area contributed by atoms with Gasteiger partial charge in [0.15, 0.2) is 0 Å². The van der Waals surface area contributed by atoms with E-state index >= 15 is 0 Å². The lowest BCUT2D eigenvalue weighted by molar-refractivity contribution is -0.159. The molecule has 0 saturated carbocycles.